The number of halogens is 1. The summed E-state index contributed by atoms with van der Waals surface area (Å²) >= 11 is 0. The second-order valence-electron chi connectivity index (χ2n) is 5.92. The van der Waals surface area contributed by atoms with E-state index in [-0.39, 0.29) is 41.7 Å². The van der Waals surface area contributed by atoms with Crippen molar-refractivity contribution in [2.24, 2.45) is 0 Å². The molecule has 0 N–H and O–H groups in total. The molecule has 1 aromatic rings. The van der Waals surface area contributed by atoms with E-state index in [9.17, 15) is 14.0 Å². The normalized spacial score (nSPS) is 21.5. The number of hydrogen-bond donors (Lipinski definition) is 0. The lowest BCUT2D eigenvalue weighted by Gasteiger charge is -2.38. The zero-order chi connectivity index (χ0) is 16.3. The maximum absolute atomic E-state index is 13.9. The van der Waals surface area contributed by atoms with E-state index >= 15 is 0 Å². The van der Waals surface area contributed by atoms with Gasteiger partial charge in [-0.25, -0.2) is 4.39 Å². The van der Waals surface area contributed by atoms with Gasteiger partial charge >= 0.3 is 0 Å². The van der Waals surface area contributed by atoms with Crippen LogP contribution in [0.5, 0.6) is 5.75 Å². The predicted molar refractivity (Wildman–Crippen MR) is 81.5 cm³/mol. The SMILES string of the molecule is CC(=O)c1ccc(OCC(=O)N2[C@H](C)CCC[C@H]2C)c(F)c1. The van der Waals surface area contributed by atoms with E-state index in [0.717, 1.165) is 25.3 Å². The topological polar surface area (TPSA) is 46.6 Å². The van der Waals surface area contributed by atoms with Gasteiger partial charge in [-0.3, -0.25) is 9.59 Å². The molecule has 4 nitrogen and oxygen atoms in total. The smallest absolute Gasteiger partial charge is 0.260 e. The fraction of sp³-hybridized carbons (Fsp3) is 0.529. The number of carbonyl (C=O) groups is 2. The average molecular weight is 307 g/mol. The van der Waals surface area contributed by atoms with Crippen LogP contribution in [-0.4, -0.2) is 35.3 Å². The minimum absolute atomic E-state index is 0.00401. The average Bonchev–Trinajstić information content (AvgIpc) is 2.45. The highest BCUT2D eigenvalue weighted by Crippen LogP contribution is 2.23. The van der Waals surface area contributed by atoms with E-state index in [1.165, 1.54) is 19.1 Å². The molecule has 5 heteroatoms. The van der Waals surface area contributed by atoms with Gasteiger partial charge < -0.3 is 9.64 Å². The van der Waals surface area contributed by atoms with Gasteiger partial charge in [0.2, 0.25) is 0 Å². The number of rotatable bonds is 4. The van der Waals surface area contributed by atoms with Crippen LogP contribution in [0, 0.1) is 5.82 Å². The van der Waals surface area contributed by atoms with Crippen molar-refractivity contribution in [2.75, 3.05) is 6.61 Å². The van der Waals surface area contributed by atoms with E-state index in [0.29, 0.717) is 0 Å². The number of hydrogen-bond acceptors (Lipinski definition) is 3. The summed E-state index contributed by atoms with van der Waals surface area (Å²) < 4.78 is 19.2. The summed E-state index contributed by atoms with van der Waals surface area (Å²) in [6.45, 7) is 5.23. The molecule has 0 saturated carbocycles. The van der Waals surface area contributed by atoms with Crippen molar-refractivity contribution in [3.05, 3.63) is 29.6 Å². The van der Waals surface area contributed by atoms with Crippen LogP contribution in [0.2, 0.25) is 0 Å². The molecule has 1 saturated heterocycles. The number of Topliss-reactive ketones (excluding diaryl/α,β-unsaturated/α-hetero) is 1. The molecule has 0 aromatic heterocycles. The summed E-state index contributed by atoms with van der Waals surface area (Å²) in [5, 5.41) is 0. The number of carbonyl (C=O) groups excluding carboxylic acids is 2. The second kappa shape index (κ2) is 6.90. The lowest BCUT2D eigenvalue weighted by atomic mass is 9.97. The van der Waals surface area contributed by atoms with Crippen LogP contribution in [0.25, 0.3) is 0 Å². The molecule has 1 aliphatic rings. The minimum atomic E-state index is -0.625. The summed E-state index contributed by atoms with van der Waals surface area (Å²) in [5.74, 6) is -0.969. The first-order chi connectivity index (χ1) is 10.4. The zero-order valence-corrected chi connectivity index (χ0v) is 13.3. The number of piperidine rings is 1. The van der Waals surface area contributed by atoms with Gasteiger partial charge in [0.05, 0.1) is 0 Å². The Bertz CT molecular complexity index is 563. The van der Waals surface area contributed by atoms with Gasteiger partial charge in [0, 0.05) is 17.6 Å². The van der Waals surface area contributed by atoms with Crippen LogP contribution >= 0.6 is 0 Å². The molecule has 0 aliphatic carbocycles. The molecule has 0 radical (unpaired) electrons. The first-order valence-corrected chi connectivity index (χ1v) is 7.64. The molecule has 22 heavy (non-hydrogen) atoms. The van der Waals surface area contributed by atoms with Gasteiger partial charge in [-0.15, -0.1) is 0 Å². The molecule has 0 unspecified atom stereocenters. The largest absolute Gasteiger partial charge is 0.481 e. The quantitative estimate of drug-likeness (QED) is 0.803. The maximum atomic E-state index is 13.9. The molecular weight excluding hydrogens is 285 g/mol. The lowest BCUT2D eigenvalue weighted by molar-refractivity contribution is -0.139. The summed E-state index contributed by atoms with van der Waals surface area (Å²) in [6.07, 6.45) is 3.09. The summed E-state index contributed by atoms with van der Waals surface area (Å²) in [4.78, 5) is 25.3. The van der Waals surface area contributed by atoms with Crippen molar-refractivity contribution in [1.82, 2.24) is 4.90 Å². The highest BCUT2D eigenvalue weighted by molar-refractivity contribution is 5.94. The summed E-state index contributed by atoms with van der Waals surface area (Å²) in [6, 6.07) is 4.39. The molecule has 1 amide bonds. The third kappa shape index (κ3) is 3.64. The van der Waals surface area contributed by atoms with Crippen molar-refractivity contribution in [3.63, 3.8) is 0 Å². The number of benzene rings is 1. The van der Waals surface area contributed by atoms with Crippen molar-refractivity contribution < 1.29 is 18.7 Å². The predicted octanol–water partition coefficient (Wildman–Crippen LogP) is 3.20. The van der Waals surface area contributed by atoms with Gasteiger partial charge in [0.1, 0.15) is 0 Å². The second-order valence-corrected chi connectivity index (χ2v) is 5.92. The van der Waals surface area contributed by atoms with Crippen LogP contribution < -0.4 is 4.74 Å². The number of amides is 1. The Morgan fingerprint density at radius 3 is 2.45 bits per heavy atom. The Kier molecular flexibility index (Phi) is 5.16. The highest BCUT2D eigenvalue weighted by atomic mass is 19.1. The monoisotopic (exact) mass is 307 g/mol. The van der Waals surface area contributed by atoms with Crippen LogP contribution in [0.15, 0.2) is 18.2 Å². The van der Waals surface area contributed by atoms with Crippen LogP contribution in [-0.2, 0) is 4.79 Å². The molecule has 120 valence electrons. The van der Waals surface area contributed by atoms with E-state index < -0.39 is 5.82 Å². The highest BCUT2D eigenvalue weighted by Gasteiger charge is 2.29. The molecule has 2 atom stereocenters. The number of likely N-dealkylation sites (tertiary alicyclic amines) is 1. The summed E-state index contributed by atoms with van der Waals surface area (Å²) in [5.41, 5.74) is 0.287. The first-order valence-electron chi connectivity index (χ1n) is 7.64. The van der Waals surface area contributed by atoms with Crippen LogP contribution in [0.3, 0.4) is 0 Å². The molecule has 1 heterocycles. The third-order valence-electron chi connectivity index (χ3n) is 4.17. The zero-order valence-electron chi connectivity index (χ0n) is 13.3. The lowest BCUT2D eigenvalue weighted by Crippen LogP contribution is -2.49. The third-order valence-corrected chi connectivity index (χ3v) is 4.17. The van der Waals surface area contributed by atoms with Crippen molar-refractivity contribution in [1.29, 1.82) is 0 Å². The minimum Gasteiger partial charge on any atom is -0.481 e. The Morgan fingerprint density at radius 1 is 1.27 bits per heavy atom. The molecule has 0 spiro atoms. The van der Waals surface area contributed by atoms with Crippen molar-refractivity contribution >= 4 is 11.7 Å². The van der Waals surface area contributed by atoms with E-state index in [1.807, 2.05) is 18.7 Å². The molecular formula is C17H22FNO3. The van der Waals surface area contributed by atoms with Gasteiger partial charge in [-0.1, -0.05) is 0 Å². The number of ether oxygens (including phenoxy) is 1. The Hall–Kier alpha value is -1.91. The molecule has 0 bridgehead atoms. The Balaban J connectivity index is 2.00. The Morgan fingerprint density at radius 2 is 1.91 bits per heavy atom. The Labute approximate surface area is 130 Å². The molecule has 1 aromatic carbocycles. The van der Waals surface area contributed by atoms with Gasteiger partial charge in [0.15, 0.2) is 24.0 Å². The maximum Gasteiger partial charge on any atom is 0.260 e. The molecule has 2 rings (SSSR count). The van der Waals surface area contributed by atoms with Gasteiger partial charge in [-0.05, 0) is 58.2 Å². The van der Waals surface area contributed by atoms with E-state index in [1.54, 1.807) is 0 Å². The standard InChI is InChI=1S/C17H22FNO3/c1-11-5-4-6-12(2)19(11)17(21)10-22-16-8-7-14(13(3)20)9-15(16)18/h7-9,11-12H,4-6,10H2,1-3H3/t11-,12-/m1/s1. The molecule has 1 fully saturated rings. The molecule has 1 aliphatic heterocycles. The number of ketones is 1. The van der Waals surface area contributed by atoms with Crippen molar-refractivity contribution in [3.8, 4) is 5.75 Å². The first kappa shape index (κ1) is 16.5. The fourth-order valence-corrected chi connectivity index (χ4v) is 2.96. The van der Waals surface area contributed by atoms with Crippen LogP contribution in [0.4, 0.5) is 4.39 Å². The fourth-order valence-electron chi connectivity index (χ4n) is 2.96. The van der Waals surface area contributed by atoms with E-state index in [2.05, 4.69) is 0 Å². The van der Waals surface area contributed by atoms with Gasteiger partial charge in [-0.2, -0.15) is 0 Å². The summed E-state index contributed by atoms with van der Waals surface area (Å²) in [7, 11) is 0. The van der Waals surface area contributed by atoms with E-state index in [4.69, 9.17) is 4.74 Å². The van der Waals surface area contributed by atoms with Gasteiger partial charge in [0.25, 0.3) is 5.91 Å². The van der Waals surface area contributed by atoms with Crippen LogP contribution in [0.1, 0.15) is 50.4 Å². The van der Waals surface area contributed by atoms with Crippen molar-refractivity contribution in [2.45, 2.75) is 52.1 Å². The number of nitrogens with zero attached hydrogens (tertiary/aromatic N) is 1.